The number of nitrogens with one attached hydrogen (secondary N) is 2. The predicted octanol–water partition coefficient (Wildman–Crippen LogP) is 2.56. The van der Waals surface area contributed by atoms with Gasteiger partial charge in [-0.3, -0.25) is 4.79 Å². The van der Waals surface area contributed by atoms with Crippen molar-refractivity contribution in [2.45, 2.75) is 13.0 Å². The van der Waals surface area contributed by atoms with Crippen molar-refractivity contribution in [2.75, 3.05) is 26.0 Å². The first-order chi connectivity index (χ1) is 13.4. The zero-order valence-electron chi connectivity index (χ0n) is 15.9. The molecule has 1 aromatic heterocycles. The lowest BCUT2D eigenvalue weighted by molar-refractivity contribution is 0.100. The number of aryl methyl sites for hydroxylation is 1. The second-order valence-electron chi connectivity index (χ2n) is 6.33. The lowest BCUT2D eigenvalue weighted by atomic mass is 10.0. The van der Waals surface area contributed by atoms with E-state index in [1.165, 1.54) is 19.2 Å². The van der Waals surface area contributed by atoms with Crippen LogP contribution in [0.25, 0.3) is 10.9 Å². The summed E-state index contributed by atoms with van der Waals surface area (Å²) in [4.78, 5) is 20.6. The Labute approximate surface area is 162 Å². The topological polar surface area (TPSA) is 102 Å². The Bertz CT molecular complexity index is 1020. The molecule has 28 heavy (non-hydrogen) atoms. The summed E-state index contributed by atoms with van der Waals surface area (Å²) in [6.07, 6.45) is 0. The number of carbonyl (C=O) groups excluding carboxylic acids is 1. The number of ether oxygens (including phenoxy) is 1. The molecule has 2 aromatic carbocycles. The summed E-state index contributed by atoms with van der Waals surface area (Å²) in [5, 5.41) is 7.08. The third-order valence-electron chi connectivity index (χ3n) is 4.39. The molecule has 7 nitrogen and oxygen atoms in total. The Hall–Kier alpha value is -3.26. The molecule has 0 aliphatic carbocycles. The molecule has 4 N–H and O–H groups in total. The Kier molecular flexibility index (Phi) is 5.70. The molecule has 1 amide bonds. The smallest absolute Gasteiger partial charge is 0.250 e. The fourth-order valence-electron chi connectivity index (χ4n) is 3.16. The molecule has 0 saturated carbocycles. The number of carbonyl (C=O) groups is 1. The fraction of sp³-hybridized carbons (Fsp3) is 0.250. The third kappa shape index (κ3) is 3.86. The molecule has 0 aliphatic heterocycles. The maximum atomic E-state index is 13.9. The molecule has 1 heterocycles. The van der Waals surface area contributed by atoms with Crippen molar-refractivity contribution in [1.29, 1.82) is 0 Å². The first-order valence-corrected chi connectivity index (χ1v) is 8.76. The van der Waals surface area contributed by atoms with E-state index in [-0.39, 0.29) is 11.9 Å². The molecule has 3 aromatic rings. The third-order valence-corrected chi connectivity index (χ3v) is 4.39. The summed E-state index contributed by atoms with van der Waals surface area (Å²) in [5.74, 6) is 0.643. The van der Waals surface area contributed by atoms with Crippen molar-refractivity contribution in [1.82, 2.24) is 15.3 Å². The molecule has 1 unspecified atom stereocenters. The maximum absolute atomic E-state index is 13.9. The number of benzene rings is 2. The number of nitrogens with zero attached hydrogens (tertiary/aromatic N) is 2. The molecular formula is C20H22FN5O2. The first kappa shape index (κ1) is 19.5. The Morgan fingerprint density at radius 2 is 2.07 bits per heavy atom. The van der Waals surface area contributed by atoms with Crippen molar-refractivity contribution in [2.24, 2.45) is 5.73 Å². The number of fused-ring (bicyclic) bond motifs is 1. The SMILES string of the molecule is CNCC(Nc1nc(C)nc2c(C(N)=O)cccc12)c1cc(F)ccc1OC. The molecule has 8 heteroatoms. The van der Waals surface area contributed by atoms with Gasteiger partial charge in [-0.15, -0.1) is 0 Å². The van der Waals surface area contributed by atoms with Crippen molar-refractivity contribution >= 4 is 22.6 Å². The quantitative estimate of drug-likeness (QED) is 0.580. The Morgan fingerprint density at radius 1 is 1.29 bits per heavy atom. The van der Waals surface area contributed by atoms with Crippen LogP contribution in [0.1, 0.15) is 27.8 Å². The minimum atomic E-state index is -0.562. The number of rotatable bonds is 7. The van der Waals surface area contributed by atoms with E-state index in [1.54, 1.807) is 32.2 Å². The number of methoxy groups -OCH3 is 1. The number of halogens is 1. The van der Waals surface area contributed by atoms with E-state index in [1.807, 2.05) is 6.07 Å². The maximum Gasteiger partial charge on any atom is 0.250 e. The predicted molar refractivity (Wildman–Crippen MR) is 106 cm³/mol. The molecule has 0 aliphatic rings. The van der Waals surface area contributed by atoms with Crippen molar-refractivity contribution in [3.8, 4) is 5.75 Å². The molecule has 0 spiro atoms. The van der Waals surface area contributed by atoms with Gasteiger partial charge in [0.15, 0.2) is 0 Å². The molecule has 1 atom stereocenters. The van der Waals surface area contributed by atoms with Gasteiger partial charge in [-0.25, -0.2) is 14.4 Å². The van der Waals surface area contributed by atoms with Gasteiger partial charge in [-0.1, -0.05) is 6.07 Å². The summed E-state index contributed by atoms with van der Waals surface area (Å²) in [5.41, 5.74) is 6.92. The van der Waals surface area contributed by atoms with Gasteiger partial charge in [0.05, 0.1) is 24.2 Å². The second-order valence-corrected chi connectivity index (χ2v) is 6.33. The standard InChI is InChI=1S/C20H22FN5O2/c1-11-24-18-13(19(22)27)5-4-6-14(18)20(25-11)26-16(10-23-2)15-9-12(21)7-8-17(15)28-3/h4-9,16,23H,10H2,1-3H3,(H2,22,27)(H,24,25,26). The average Bonchev–Trinajstić information content (AvgIpc) is 2.66. The van der Waals surface area contributed by atoms with E-state index in [2.05, 4.69) is 20.6 Å². The highest BCUT2D eigenvalue weighted by Crippen LogP contribution is 2.31. The molecule has 0 bridgehead atoms. The summed E-state index contributed by atoms with van der Waals surface area (Å²) < 4.78 is 19.3. The fourth-order valence-corrected chi connectivity index (χ4v) is 3.16. The van der Waals surface area contributed by atoms with Crippen molar-refractivity contribution in [3.05, 3.63) is 59.2 Å². The average molecular weight is 383 g/mol. The molecule has 146 valence electrons. The number of primary amides is 1. The zero-order chi connectivity index (χ0) is 20.3. The highest BCUT2D eigenvalue weighted by molar-refractivity contribution is 6.07. The normalized spacial score (nSPS) is 12.0. The summed E-state index contributed by atoms with van der Waals surface area (Å²) >= 11 is 0. The number of amides is 1. The Morgan fingerprint density at radius 3 is 2.75 bits per heavy atom. The minimum Gasteiger partial charge on any atom is -0.496 e. The number of likely N-dealkylation sites (N-methyl/N-ethyl adjacent to an activating group) is 1. The van der Waals surface area contributed by atoms with Crippen LogP contribution in [0.5, 0.6) is 5.75 Å². The molecule has 0 saturated heterocycles. The van der Waals surface area contributed by atoms with Crippen LogP contribution in [0.4, 0.5) is 10.2 Å². The van der Waals surface area contributed by atoms with Gasteiger partial charge >= 0.3 is 0 Å². The van der Waals surface area contributed by atoms with Gasteiger partial charge in [0.25, 0.3) is 5.91 Å². The largest absolute Gasteiger partial charge is 0.496 e. The number of nitrogens with two attached hydrogens (primary N) is 1. The van der Waals surface area contributed by atoms with Crippen LogP contribution in [-0.4, -0.2) is 36.6 Å². The van der Waals surface area contributed by atoms with E-state index in [4.69, 9.17) is 10.5 Å². The number of hydrogen-bond acceptors (Lipinski definition) is 6. The number of para-hydroxylation sites is 1. The lowest BCUT2D eigenvalue weighted by Gasteiger charge is -2.23. The highest BCUT2D eigenvalue weighted by Gasteiger charge is 2.20. The Balaban J connectivity index is 2.12. The monoisotopic (exact) mass is 383 g/mol. The van der Waals surface area contributed by atoms with Gasteiger partial charge in [0, 0.05) is 17.5 Å². The second kappa shape index (κ2) is 8.18. The van der Waals surface area contributed by atoms with E-state index in [9.17, 15) is 9.18 Å². The molecule has 0 fully saturated rings. The van der Waals surface area contributed by atoms with Crippen molar-refractivity contribution < 1.29 is 13.9 Å². The summed E-state index contributed by atoms with van der Waals surface area (Å²) in [7, 11) is 3.34. The van der Waals surface area contributed by atoms with E-state index < -0.39 is 5.91 Å². The van der Waals surface area contributed by atoms with Crippen LogP contribution in [0.15, 0.2) is 36.4 Å². The van der Waals surface area contributed by atoms with Gasteiger partial charge in [0.1, 0.15) is 23.2 Å². The summed E-state index contributed by atoms with van der Waals surface area (Å²) in [6.45, 7) is 2.22. The lowest BCUT2D eigenvalue weighted by Crippen LogP contribution is -2.25. The van der Waals surface area contributed by atoms with Crippen LogP contribution in [0.3, 0.4) is 0 Å². The number of aromatic nitrogens is 2. The molecule has 3 rings (SSSR count). The molecular weight excluding hydrogens is 361 g/mol. The van der Waals surface area contributed by atoms with E-state index >= 15 is 0 Å². The highest BCUT2D eigenvalue weighted by atomic mass is 19.1. The van der Waals surface area contributed by atoms with Gasteiger partial charge in [-0.2, -0.15) is 0 Å². The van der Waals surface area contributed by atoms with Crippen LogP contribution in [0.2, 0.25) is 0 Å². The number of anilines is 1. The zero-order valence-corrected chi connectivity index (χ0v) is 15.9. The van der Waals surface area contributed by atoms with Crippen LogP contribution in [0, 0.1) is 12.7 Å². The van der Waals surface area contributed by atoms with Gasteiger partial charge < -0.3 is 21.1 Å². The number of hydrogen-bond donors (Lipinski definition) is 3. The summed E-state index contributed by atoms with van der Waals surface area (Å²) in [6, 6.07) is 9.18. The first-order valence-electron chi connectivity index (χ1n) is 8.76. The van der Waals surface area contributed by atoms with Gasteiger partial charge in [-0.05, 0) is 44.3 Å². The van der Waals surface area contributed by atoms with Crippen molar-refractivity contribution in [3.63, 3.8) is 0 Å². The van der Waals surface area contributed by atoms with E-state index in [0.717, 1.165) is 0 Å². The van der Waals surface area contributed by atoms with E-state index in [0.29, 0.717) is 46.0 Å². The van der Waals surface area contributed by atoms with Crippen LogP contribution >= 0.6 is 0 Å². The van der Waals surface area contributed by atoms with Crippen LogP contribution in [-0.2, 0) is 0 Å². The molecule has 0 radical (unpaired) electrons. The minimum absolute atomic E-state index is 0.319. The van der Waals surface area contributed by atoms with Gasteiger partial charge in [0.2, 0.25) is 0 Å². The van der Waals surface area contributed by atoms with Crippen LogP contribution < -0.4 is 21.1 Å².